The van der Waals surface area contributed by atoms with Gasteiger partial charge in [0.2, 0.25) is 5.91 Å². The summed E-state index contributed by atoms with van der Waals surface area (Å²) in [5.74, 6) is -1.28. The van der Waals surface area contributed by atoms with Gasteiger partial charge in [-0.05, 0) is 34.9 Å². The molecule has 2 aromatic rings. The summed E-state index contributed by atoms with van der Waals surface area (Å²) < 4.78 is 10.1. The SMILES string of the molecule is COCc1cccc(CC(=O)Nc2cc(COC)cc(C(=O)O)c2)c1. The van der Waals surface area contributed by atoms with Gasteiger partial charge in [0, 0.05) is 19.9 Å². The Hall–Kier alpha value is -2.70. The lowest BCUT2D eigenvalue weighted by Gasteiger charge is -2.10. The zero-order chi connectivity index (χ0) is 18.2. The number of hydrogen-bond donors (Lipinski definition) is 2. The van der Waals surface area contributed by atoms with Crippen molar-refractivity contribution < 1.29 is 24.2 Å². The lowest BCUT2D eigenvalue weighted by molar-refractivity contribution is -0.115. The predicted molar refractivity (Wildman–Crippen MR) is 93.6 cm³/mol. The zero-order valence-corrected chi connectivity index (χ0v) is 14.2. The van der Waals surface area contributed by atoms with Crippen molar-refractivity contribution in [3.8, 4) is 0 Å². The van der Waals surface area contributed by atoms with Gasteiger partial charge in [-0.2, -0.15) is 0 Å². The van der Waals surface area contributed by atoms with Crippen LogP contribution < -0.4 is 5.32 Å². The number of carbonyl (C=O) groups is 2. The fraction of sp³-hybridized carbons (Fsp3) is 0.263. The summed E-state index contributed by atoms with van der Waals surface area (Å²) in [6.07, 6.45) is 0.189. The van der Waals surface area contributed by atoms with Crippen LogP contribution in [-0.2, 0) is 33.9 Å². The van der Waals surface area contributed by atoms with Crippen LogP contribution in [-0.4, -0.2) is 31.2 Å². The van der Waals surface area contributed by atoms with Gasteiger partial charge in [0.15, 0.2) is 0 Å². The molecule has 0 atom stereocenters. The zero-order valence-electron chi connectivity index (χ0n) is 14.2. The molecule has 0 aliphatic rings. The molecule has 0 aliphatic carbocycles. The van der Waals surface area contributed by atoms with E-state index in [1.807, 2.05) is 24.3 Å². The van der Waals surface area contributed by atoms with E-state index in [-0.39, 0.29) is 24.5 Å². The number of benzene rings is 2. The van der Waals surface area contributed by atoms with E-state index in [0.29, 0.717) is 17.9 Å². The van der Waals surface area contributed by atoms with Crippen LogP contribution >= 0.6 is 0 Å². The number of methoxy groups -OCH3 is 2. The van der Waals surface area contributed by atoms with Crippen molar-refractivity contribution in [2.45, 2.75) is 19.6 Å². The summed E-state index contributed by atoms with van der Waals surface area (Å²) in [5, 5.41) is 11.9. The molecule has 2 aromatic carbocycles. The van der Waals surface area contributed by atoms with Crippen molar-refractivity contribution in [3.05, 3.63) is 64.7 Å². The monoisotopic (exact) mass is 343 g/mol. The highest BCUT2D eigenvalue weighted by Gasteiger charge is 2.10. The lowest BCUT2D eigenvalue weighted by atomic mass is 10.1. The van der Waals surface area contributed by atoms with Crippen molar-refractivity contribution in [2.24, 2.45) is 0 Å². The highest BCUT2D eigenvalue weighted by Crippen LogP contribution is 2.17. The smallest absolute Gasteiger partial charge is 0.335 e. The van der Waals surface area contributed by atoms with Crippen LogP contribution in [0.2, 0.25) is 0 Å². The molecule has 2 rings (SSSR count). The quantitative estimate of drug-likeness (QED) is 0.770. The second kappa shape index (κ2) is 8.96. The number of rotatable bonds is 8. The minimum Gasteiger partial charge on any atom is -0.478 e. The van der Waals surface area contributed by atoms with Crippen LogP contribution in [0.1, 0.15) is 27.0 Å². The Morgan fingerprint density at radius 1 is 0.960 bits per heavy atom. The topological polar surface area (TPSA) is 84.9 Å². The van der Waals surface area contributed by atoms with Gasteiger partial charge in [-0.25, -0.2) is 4.79 Å². The van der Waals surface area contributed by atoms with Gasteiger partial charge in [0.25, 0.3) is 0 Å². The van der Waals surface area contributed by atoms with E-state index >= 15 is 0 Å². The Bertz CT molecular complexity index is 757. The number of ether oxygens (including phenoxy) is 2. The highest BCUT2D eigenvalue weighted by atomic mass is 16.5. The summed E-state index contributed by atoms with van der Waals surface area (Å²) in [6, 6.07) is 12.2. The molecule has 0 aliphatic heterocycles. The molecule has 0 saturated heterocycles. The van der Waals surface area contributed by atoms with Gasteiger partial charge in [-0.1, -0.05) is 24.3 Å². The molecule has 132 valence electrons. The van der Waals surface area contributed by atoms with Crippen LogP contribution in [0.4, 0.5) is 5.69 Å². The van der Waals surface area contributed by atoms with Crippen molar-refractivity contribution in [2.75, 3.05) is 19.5 Å². The maximum Gasteiger partial charge on any atom is 0.335 e. The first-order valence-electron chi connectivity index (χ1n) is 7.74. The van der Waals surface area contributed by atoms with E-state index in [9.17, 15) is 14.7 Å². The van der Waals surface area contributed by atoms with E-state index in [1.165, 1.54) is 19.2 Å². The van der Waals surface area contributed by atoms with Gasteiger partial charge in [-0.3, -0.25) is 4.79 Å². The molecule has 6 nitrogen and oxygen atoms in total. The number of carbonyl (C=O) groups excluding carboxylic acids is 1. The third kappa shape index (κ3) is 5.70. The largest absolute Gasteiger partial charge is 0.478 e. The number of carboxylic acid groups (broad SMARTS) is 1. The minimum absolute atomic E-state index is 0.104. The maximum atomic E-state index is 12.3. The number of amides is 1. The third-order valence-electron chi connectivity index (χ3n) is 3.50. The molecule has 2 N–H and O–H groups in total. The number of aromatic carboxylic acids is 1. The van der Waals surface area contributed by atoms with Gasteiger partial charge >= 0.3 is 5.97 Å². The molecule has 0 unspecified atom stereocenters. The van der Waals surface area contributed by atoms with E-state index < -0.39 is 5.97 Å². The molecule has 0 fully saturated rings. The Labute approximate surface area is 146 Å². The molecule has 0 radical (unpaired) electrons. The number of hydrogen-bond acceptors (Lipinski definition) is 4. The first-order chi connectivity index (χ1) is 12.0. The summed E-state index contributed by atoms with van der Waals surface area (Å²) in [5.41, 5.74) is 3.07. The first-order valence-corrected chi connectivity index (χ1v) is 7.74. The molecule has 0 saturated carbocycles. The normalized spacial score (nSPS) is 10.5. The standard InChI is InChI=1S/C19H21NO5/c1-24-11-14-5-3-4-13(6-14)9-18(21)20-17-8-15(12-25-2)7-16(10-17)19(22)23/h3-8,10H,9,11-12H2,1-2H3,(H,20,21)(H,22,23). The third-order valence-corrected chi connectivity index (χ3v) is 3.50. The van der Waals surface area contributed by atoms with Gasteiger partial charge in [0.05, 0.1) is 25.2 Å². The van der Waals surface area contributed by atoms with E-state index in [0.717, 1.165) is 11.1 Å². The number of anilines is 1. The average Bonchev–Trinajstić information content (AvgIpc) is 2.55. The van der Waals surface area contributed by atoms with Gasteiger partial charge < -0.3 is 19.9 Å². The predicted octanol–water partition coefficient (Wildman–Crippen LogP) is 2.86. The Balaban J connectivity index is 2.11. The van der Waals surface area contributed by atoms with E-state index in [4.69, 9.17) is 9.47 Å². The Kier molecular flexibility index (Phi) is 6.68. The van der Waals surface area contributed by atoms with E-state index in [1.54, 1.807) is 13.2 Å². The molecule has 0 bridgehead atoms. The van der Waals surface area contributed by atoms with Crippen LogP contribution in [0.3, 0.4) is 0 Å². The molecule has 25 heavy (non-hydrogen) atoms. The molecular weight excluding hydrogens is 322 g/mol. The fourth-order valence-electron chi connectivity index (χ4n) is 2.52. The molecular formula is C19H21NO5. The van der Waals surface area contributed by atoms with Gasteiger partial charge in [-0.15, -0.1) is 0 Å². The molecule has 0 heterocycles. The highest BCUT2D eigenvalue weighted by molar-refractivity contribution is 5.95. The van der Waals surface area contributed by atoms with Gasteiger partial charge in [0.1, 0.15) is 0 Å². The molecule has 0 spiro atoms. The van der Waals surface area contributed by atoms with Crippen LogP contribution in [0.15, 0.2) is 42.5 Å². The Morgan fingerprint density at radius 3 is 2.32 bits per heavy atom. The van der Waals surface area contributed by atoms with Crippen molar-refractivity contribution >= 4 is 17.6 Å². The maximum absolute atomic E-state index is 12.3. The van der Waals surface area contributed by atoms with E-state index in [2.05, 4.69) is 5.32 Å². The first kappa shape index (κ1) is 18.6. The summed E-state index contributed by atoms with van der Waals surface area (Å²) in [6.45, 7) is 0.750. The second-order valence-electron chi connectivity index (χ2n) is 5.63. The minimum atomic E-state index is -1.05. The molecule has 1 amide bonds. The number of nitrogens with one attached hydrogen (secondary N) is 1. The Morgan fingerprint density at radius 2 is 1.64 bits per heavy atom. The number of carboxylic acids is 1. The summed E-state index contributed by atoms with van der Waals surface area (Å²) in [4.78, 5) is 23.5. The second-order valence-corrected chi connectivity index (χ2v) is 5.63. The summed E-state index contributed by atoms with van der Waals surface area (Å²) in [7, 11) is 3.14. The van der Waals surface area contributed by atoms with Crippen LogP contribution in [0, 0.1) is 0 Å². The van der Waals surface area contributed by atoms with Crippen molar-refractivity contribution in [1.29, 1.82) is 0 Å². The van der Waals surface area contributed by atoms with Crippen LogP contribution in [0.5, 0.6) is 0 Å². The lowest BCUT2D eigenvalue weighted by Crippen LogP contribution is -2.15. The molecule has 0 aromatic heterocycles. The van der Waals surface area contributed by atoms with Crippen molar-refractivity contribution in [3.63, 3.8) is 0 Å². The fourth-order valence-corrected chi connectivity index (χ4v) is 2.52. The average molecular weight is 343 g/mol. The molecule has 6 heteroatoms. The van der Waals surface area contributed by atoms with Crippen molar-refractivity contribution in [1.82, 2.24) is 0 Å². The van der Waals surface area contributed by atoms with Crippen LogP contribution in [0.25, 0.3) is 0 Å². The summed E-state index contributed by atoms with van der Waals surface area (Å²) >= 11 is 0.